The fourth-order valence-corrected chi connectivity index (χ4v) is 1.85. The molecule has 1 rings (SSSR count). The number of ether oxygens (including phenoxy) is 2. The molecule has 4 nitrogen and oxygen atoms in total. The maximum atomic E-state index is 9.20. The summed E-state index contributed by atoms with van der Waals surface area (Å²) in [5.74, 6) is 1.28. The van der Waals surface area contributed by atoms with Crippen LogP contribution in [0, 0.1) is 0 Å². The van der Waals surface area contributed by atoms with Crippen molar-refractivity contribution in [3.8, 4) is 11.5 Å². The second-order valence-corrected chi connectivity index (χ2v) is 4.03. The lowest BCUT2D eigenvalue weighted by Crippen LogP contribution is -2.12. The van der Waals surface area contributed by atoms with Crippen LogP contribution in [-0.2, 0) is 6.54 Å². The molecule has 1 N–H and O–H groups in total. The summed E-state index contributed by atoms with van der Waals surface area (Å²) in [4.78, 5) is 0. The summed E-state index contributed by atoms with van der Waals surface area (Å²) >= 11 is 3.37. The minimum Gasteiger partial charge on any atom is -0.493 e. The summed E-state index contributed by atoms with van der Waals surface area (Å²) in [5.41, 5.74) is 0.855. The van der Waals surface area contributed by atoms with Gasteiger partial charge in [0.2, 0.25) is 0 Å². The van der Waals surface area contributed by atoms with Gasteiger partial charge in [0.05, 0.1) is 20.8 Å². The van der Waals surface area contributed by atoms with Crippen molar-refractivity contribution in [3.05, 3.63) is 22.2 Å². The van der Waals surface area contributed by atoms with Gasteiger partial charge in [-0.2, -0.15) is 5.06 Å². The standard InChI is InChI=1S/C10H14BrNO3/c1-12(13)6-7-4-8(11)5-9(14-2)10(7)15-3/h4-5,13H,6H2,1-3H3. The van der Waals surface area contributed by atoms with Crippen molar-refractivity contribution in [2.75, 3.05) is 21.3 Å². The molecule has 0 aromatic heterocycles. The molecule has 1 aromatic rings. The Balaban J connectivity index is 3.16. The SMILES string of the molecule is COc1cc(Br)cc(CN(C)O)c1OC. The number of rotatable bonds is 4. The van der Waals surface area contributed by atoms with E-state index < -0.39 is 0 Å². The number of nitrogens with zero attached hydrogens (tertiary/aromatic N) is 1. The molecule has 0 spiro atoms. The molecule has 5 heteroatoms. The van der Waals surface area contributed by atoms with Gasteiger partial charge in [-0.1, -0.05) is 15.9 Å². The third-order valence-electron chi connectivity index (χ3n) is 1.92. The summed E-state index contributed by atoms with van der Waals surface area (Å²) in [6, 6.07) is 3.70. The zero-order valence-electron chi connectivity index (χ0n) is 8.95. The fourth-order valence-electron chi connectivity index (χ4n) is 1.37. The zero-order valence-corrected chi connectivity index (χ0v) is 10.5. The molecule has 0 saturated carbocycles. The Hall–Kier alpha value is -0.780. The van der Waals surface area contributed by atoms with Crippen LogP contribution in [0.25, 0.3) is 0 Å². The molecule has 0 radical (unpaired) electrons. The van der Waals surface area contributed by atoms with Gasteiger partial charge in [-0.3, -0.25) is 0 Å². The highest BCUT2D eigenvalue weighted by Crippen LogP contribution is 2.34. The Bertz CT molecular complexity index is 342. The van der Waals surface area contributed by atoms with Gasteiger partial charge < -0.3 is 14.7 Å². The average molecular weight is 276 g/mol. The maximum absolute atomic E-state index is 9.20. The van der Waals surface area contributed by atoms with E-state index in [4.69, 9.17) is 9.47 Å². The molecule has 0 bridgehead atoms. The smallest absolute Gasteiger partial charge is 0.165 e. The zero-order chi connectivity index (χ0) is 11.4. The summed E-state index contributed by atoms with van der Waals surface area (Å²) in [7, 11) is 4.73. The first-order valence-corrected chi connectivity index (χ1v) is 5.18. The van der Waals surface area contributed by atoms with Crippen molar-refractivity contribution in [3.63, 3.8) is 0 Å². The Morgan fingerprint density at radius 3 is 2.47 bits per heavy atom. The summed E-state index contributed by atoms with van der Waals surface area (Å²) < 4.78 is 11.3. The minimum absolute atomic E-state index is 0.374. The van der Waals surface area contributed by atoms with Gasteiger partial charge in [0.1, 0.15) is 0 Å². The van der Waals surface area contributed by atoms with Crippen LogP contribution in [0.15, 0.2) is 16.6 Å². The van der Waals surface area contributed by atoms with Crippen LogP contribution < -0.4 is 9.47 Å². The average Bonchev–Trinajstić information content (AvgIpc) is 2.15. The molecule has 0 aliphatic rings. The Morgan fingerprint density at radius 2 is 2.00 bits per heavy atom. The predicted octanol–water partition coefficient (Wildman–Crippen LogP) is 2.29. The molecule has 0 heterocycles. The molecule has 0 aliphatic heterocycles. The van der Waals surface area contributed by atoms with E-state index in [2.05, 4.69) is 15.9 Å². The molecular formula is C10H14BrNO3. The van der Waals surface area contributed by atoms with E-state index in [9.17, 15) is 5.21 Å². The Morgan fingerprint density at radius 1 is 1.33 bits per heavy atom. The van der Waals surface area contributed by atoms with Crippen LogP contribution in [0.1, 0.15) is 5.56 Å². The first-order chi connectivity index (χ1) is 7.08. The number of methoxy groups -OCH3 is 2. The first-order valence-electron chi connectivity index (χ1n) is 4.39. The molecule has 0 fully saturated rings. The summed E-state index contributed by atoms with van der Waals surface area (Å²) in [6.07, 6.45) is 0. The summed E-state index contributed by atoms with van der Waals surface area (Å²) in [6.45, 7) is 0.374. The molecule has 0 saturated heterocycles. The highest BCUT2D eigenvalue weighted by Gasteiger charge is 2.12. The highest BCUT2D eigenvalue weighted by atomic mass is 79.9. The van der Waals surface area contributed by atoms with Crippen molar-refractivity contribution in [1.29, 1.82) is 0 Å². The van der Waals surface area contributed by atoms with Gasteiger partial charge in [0.15, 0.2) is 11.5 Å². The summed E-state index contributed by atoms with van der Waals surface area (Å²) in [5, 5.41) is 10.3. The van der Waals surface area contributed by atoms with E-state index in [1.807, 2.05) is 12.1 Å². The number of halogens is 1. The van der Waals surface area contributed by atoms with Crippen LogP contribution in [-0.4, -0.2) is 31.5 Å². The van der Waals surface area contributed by atoms with Crippen LogP contribution in [0.5, 0.6) is 11.5 Å². The third kappa shape index (κ3) is 3.09. The van der Waals surface area contributed by atoms with E-state index in [1.165, 1.54) is 0 Å². The van der Waals surface area contributed by atoms with Gasteiger partial charge in [0, 0.05) is 17.1 Å². The van der Waals surface area contributed by atoms with E-state index in [-0.39, 0.29) is 0 Å². The lowest BCUT2D eigenvalue weighted by atomic mass is 10.2. The van der Waals surface area contributed by atoms with Crippen LogP contribution in [0.4, 0.5) is 0 Å². The number of hydrogen-bond acceptors (Lipinski definition) is 4. The number of benzene rings is 1. The number of hydrogen-bond donors (Lipinski definition) is 1. The molecule has 1 aromatic carbocycles. The van der Waals surface area contributed by atoms with E-state index in [1.54, 1.807) is 21.3 Å². The topological polar surface area (TPSA) is 41.9 Å². The third-order valence-corrected chi connectivity index (χ3v) is 2.38. The van der Waals surface area contributed by atoms with Crippen LogP contribution in [0.3, 0.4) is 0 Å². The Labute approximate surface area is 97.5 Å². The molecule has 0 aliphatic carbocycles. The van der Waals surface area contributed by atoms with Crippen molar-refractivity contribution in [1.82, 2.24) is 5.06 Å². The monoisotopic (exact) mass is 275 g/mol. The van der Waals surface area contributed by atoms with E-state index in [0.717, 1.165) is 15.1 Å². The van der Waals surface area contributed by atoms with E-state index >= 15 is 0 Å². The van der Waals surface area contributed by atoms with Crippen molar-refractivity contribution in [2.45, 2.75) is 6.54 Å². The number of hydroxylamine groups is 2. The Kier molecular flexibility index (Phi) is 4.38. The van der Waals surface area contributed by atoms with Crippen LogP contribution >= 0.6 is 15.9 Å². The molecular weight excluding hydrogens is 262 g/mol. The fraction of sp³-hybridized carbons (Fsp3) is 0.400. The quantitative estimate of drug-likeness (QED) is 0.857. The molecule has 0 atom stereocenters. The van der Waals surface area contributed by atoms with Crippen LogP contribution in [0.2, 0.25) is 0 Å². The normalized spacial score (nSPS) is 10.5. The highest BCUT2D eigenvalue weighted by molar-refractivity contribution is 9.10. The van der Waals surface area contributed by atoms with Gasteiger partial charge in [-0.05, 0) is 12.1 Å². The van der Waals surface area contributed by atoms with Gasteiger partial charge in [-0.25, -0.2) is 0 Å². The largest absolute Gasteiger partial charge is 0.493 e. The van der Waals surface area contributed by atoms with Gasteiger partial charge in [0.25, 0.3) is 0 Å². The van der Waals surface area contributed by atoms with E-state index in [0.29, 0.717) is 18.0 Å². The molecule has 15 heavy (non-hydrogen) atoms. The predicted molar refractivity (Wildman–Crippen MR) is 60.5 cm³/mol. The molecule has 0 unspecified atom stereocenters. The molecule has 84 valence electrons. The molecule has 0 amide bonds. The van der Waals surface area contributed by atoms with Crippen molar-refractivity contribution in [2.24, 2.45) is 0 Å². The second-order valence-electron chi connectivity index (χ2n) is 3.12. The maximum Gasteiger partial charge on any atom is 0.165 e. The van der Waals surface area contributed by atoms with Crippen molar-refractivity contribution >= 4 is 15.9 Å². The lowest BCUT2D eigenvalue weighted by molar-refractivity contribution is -0.0735. The van der Waals surface area contributed by atoms with Crippen molar-refractivity contribution < 1.29 is 14.7 Å². The first kappa shape index (κ1) is 12.3. The minimum atomic E-state index is 0.374. The van der Waals surface area contributed by atoms with Gasteiger partial charge >= 0.3 is 0 Å². The second kappa shape index (κ2) is 5.34. The lowest BCUT2D eigenvalue weighted by Gasteiger charge is -2.15. The van der Waals surface area contributed by atoms with Gasteiger partial charge in [-0.15, -0.1) is 0 Å².